The Morgan fingerprint density at radius 1 is 1.05 bits per heavy atom. The van der Waals surface area contributed by atoms with Crippen LogP contribution in [0.1, 0.15) is 11.1 Å². The van der Waals surface area contributed by atoms with Crippen LogP contribution in [0.3, 0.4) is 0 Å². The molecule has 3 heteroatoms. The van der Waals surface area contributed by atoms with Gasteiger partial charge in [-0.1, -0.05) is 42.5 Å². The van der Waals surface area contributed by atoms with E-state index in [1.807, 2.05) is 42.1 Å². The maximum absolute atomic E-state index is 7.60. The lowest BCUT2D eigenvalue weighted by Gasteiger charge is -2.21. The summed E-state index contributed by atoms with van der Waals surface area (Å²) >= 11 is 1.83. The van der Waals surface area contributed by atoms with Crippen LogP contribution in [-0.2, 0) is 4.74 Å². The van der Waals surface area contributed by atoms with Crippen LogP contribution < -0.4 is 5.31 Å². The molecular weight excluding hydrogens is 266 g/mol. The summed E-state index contributed by atoms with van der Waals surface area (Å²) in [4.78, 5) is 1.17. The van der Waals surface area contributed by atoms with Crippen molar-refractivity contribution in [2.75, 3.05) is 24.7 Å². The van der Waals surface area contributed by atoms with Crippen LogP contribution >= 0.6 is 11.8 Å². The molecule has 2 aromatic rings. The van der Waals surface area contributed by atoms with Crippen LogP contribution in [0.15, 0.2) is 54.6 Å². The number of hydrogen-bond acceptors (Lipinski definition) is 3. The average molecular weight is 284 g/mol. The lowest BCUT2D eigenvalue weighted by Crippen LogP contribution is -2.05. The maximum Gasteiger partial charge on any atom is 0.160 e. The zero-order valence-electron chi connectivity index (χ0n) is 12.4. The molecule has 0 saturated heterocycles. The Labute approximate surface area is 125 Å². The molecular formula is C17H17NOS. The topological polar surface area (TPSA) is 21.3 Å². The Hall–Kier alpha value is -1.87. The van der Waals surface area contributed by atoms with Crippen LogP contribution in [0.2, 0.25) is 1.41 Å². The summed E-state index contributed by atoms with van der Waals surface area (Å²) in [6, 6.07) is 18.3. The van der Waals surface area contributed by atoms with Crippen molar-refractivity contribution in [3.63, 3.8) is 0 Å². The first-order valence-corrected chi connectivity index (χ1v) is 7.62. The van der Waals surface area contributed by atoms with Crippen molar-refractivity contribution in [1.29, 1.82) is 0 Å². The van der Waals surface area contributed by atoms with E-state index in [9.17, 15) is 0 Å². The van der Waals surface area contributed by atoms with Gasteiger partial charge >= 0.3 is 0 Å². The largest absolute Gasteiger partial charge is 0.491 e. The quantitative estimate of drug-likeness (QED) is 0.907. The molecule has 0 amide bonds. The number of thioether (sulfide) groups is 1. The fourth-order valence-electron chi connectivity index (χ4n) is 2.20. The first-order chi connectivity index (χ1) is 10.3. The molecule has 20 heavy (non-hydrogen) atoms. The van der Waals surface area contributed by atoms with Crippen molar-refractivity contribution in [2.45, 2.75) is 0 Å². The second-order valence-corrected chi connectivity index (χ2v) is 5.60. The summed E-state index contributed by atoms with van der Waals surface area (Å²) in [7, 11) is 1.72. The van der Waals surface area contributed by atoms with E-state index in [1.54, 1.807) is 7.05 Å². The number of nitrogens with one attached hydrogen (secondary N) is 1. The van der Waals surface area contributed by atoms with E-state index in [2.05, 4.69) is 24.3 Å². The molecule has 0 atom stereocenters. The Kier molecular flexibility index (Phi) is 3.61. The second-order valence-electron chi connectivity index (χ2n) is 4.49. The van der Waals surface area contributed by atoms with E-state index in [-0.39, 0.29) is 0 Å². The average Bonchev–Trinajstić information content (AvgIpc) is 2.56. The summed E-state index contributed by atoms with van der Waals surface area (Å²) in [5.41, 5.74) is 3.13. The third kappa shape index (κ3) is 2.68. The van der Waals surface area contributed by atoms with E-state index in [0.717, 1.165) is 34.9 Å². The van der Waals surface area contributed by atoms with Crippen molar-refractivity contribution in [2.24, 2.45) is 0 Å². The van der Waals surface area contributed by atoms with Crippen molar-refractivity contribution in [1.82, 2.24) is 0 Å². The van der Waals surface area contributed by atoms with Crippen molar-refractivity contribution < 1.29 is 6.15 Å². The first-order valence-electron chi connectivity index (χ1n) is 7.09. The van der Waals surface area contributed by atoms with Gasteiger partial charge in [-0.25, -0.2) is 0 Å². The molecule has 3 rings (SSSR count). The summed E-state index contributed by atoms with van der Waals surface area (Å²) in [6.07, 6.45) is 0. The molecule has 0 radical (unpaired) electrons. The van der Waals surface area contributed by atoms with Crippen molar-refractivity contribution in [3.05, 3.63) is 65.7 Å². The zero-order chi connectivity index (χ0) is 14.7. The molecule has 102 valence electrons. The van der Waals surface area contributed by atoms with Crippen LogP contribution in [0, 0.1) is 0 Å². The number of anilines is 1. The highest BCUT2D eigenvalue weighted by Gasteiger charge is 2.17. The van der Waals surface area contributed by atoms with E-state index in [4.69, 9.17) is 6.15 Å². The fourth-order valence-corrected chi connectivity index (χ4v) is 3.18. The molecule has 0 aromatic heterocycles. The summed E-state index contributed by atoms with van der Waals surface area (Å²) in [6.45, 7) is 0.742. The Morgan fingerprint density at radius 3 is 2.50 bits per heavy atom. The first kappa shape index (κ1) is 11.9. The highest BCUT2D eigenvalue weighted by Crippen LogP contribution is 2.39. The molecule has 0 bridgehead atoms. The van der Waals surface area contributed by atoms with Crippen molar-refractivity contribution in [3.8, 4) is 0 Å². The maximum atomic E-state index is 7.60. The lowest BCUT2D eigenvalue weighted by atomic mass is 10.1. The standard InChI is InChI=1S/C17H17NOS/c1-18-15-9-7-14(8-10-15)17-16(19-11-12-20-17)13-5-3-2-4-6-13/h2-10,18H,11-12H2,1H3/i/hD. The molecule has 0 unspecified atom stereocenters. The summed E-state index contributed by atoms with van der Waals surface area (Å²) in [5, 5.41) is 1.36. The number of hydrogen-bond donors (Lipinski definition) is 1. The van der Waals surface area contributed by atoms with Gasteiger partial charge in [0.2, 0.25) is 0 Å². The van der Waals surface area contributed by atoms with Gasteiger partial charge in [0.25, 0.3) is 0 Å². The van der Waals surface area contributed by atoms with E-state index in [0.29, 0.717) is 0 Å². The molecule has 1 heterocycles. The summed E-state index contributed by atoms with van der Waals surface area (Å²) < 4.78 is 13.5. The zero-order valence-corrected chi connectivity index (χ0v) is 12.2. The van der Waals surface area contributed by atoms with Crippen LogP contribution in [-0.4, -0.2) is 19.4 Å². The molecule has 0 saturated carbocycles. The monoisotopic (exact) mass is 284 g/mol. The third-order valence-corrected chi connectivity index (χ3v) is 4.29. The highest BCUT2D eigenvalue weighted by molar-refractivity contribution is 8.08. The van der Waals surface area contributed by atoms with Gasteiger partial charge in [-0.05, 0) is 17.7 Å². The molecule has 2 nitrogen and oxygen atoms in total. The van der Waals surface area contributed by atoms with Crippen LogP contribution in [0.4, 0.5) is 5.69 Å². The molecule has 1 N–H and O–H groups in total. The number of rotatable bonds is 3. The lowest BCUT2D eigenvalue weighted by molar-refractivity contribution is 0.301. The molecule has 2 aromatic carbocycles. The number of ether oxygens (including phenoxy) is 1. The van der Waals surface area contributed by atoms with Gasteiger partial charge in [0.05, 0.1) is 11.5 Å². The smallest absolute Gasteiger partial charge is 0.160 e. The van der Waals surface area contributed by atoms with Crippen LogP contribution in [0.25, 0.3) is 10.7 Å². The number of benzene rings is 2. The van der Waals surface area contributed by atoms with Gasteiger partial charge in [0.15, 0.2) is 1.41 Å². The molecule has 1 aliphatic rings. The minimum absolute atomic E-state index is 0.742. The van der Waals surface area contributed by atoms with E-state index >= 15 is 0 Å². The predicted octanol–water partition coefficient (Wildman–Crippen LogP) is 4.32. The van der Waals surface area contributed by atoms with Gasteiger partial charge in [-0.15, -0.1) is 11.8 Å². The van der Waals surface area contributed by atoms with Crippen LogP contribution in [0.5, 0.6) is 0 Å². The van der Waals surface area contributed by atoms with E-state index < -0.39 is 0 Å². The highest BCUT2D eigenvalue weighted by atomic mass is 32.2. The van der Waals surface area contributed by atoms with Gasteiger partial charge < -0.3 is 10.0 Å². The van der Waals surface area contributed by atoms with Gasteiger partial charge in [0.1, 0.15) is 5.76 Å². The predicted molar refractivity (Wildman–Crippen MR) is 87.7 cm³/mol. The molecule has 0 fully saturated rings. The molecule has 1 aliphatic heterocycles. The normalized spacial score (nSPS) is 15.6. The molecule has 0 aliphatic carbocycles. The second kappa shape index (κ2) is 6.06. The Balaban J connectivity index is 2.02. The van der Waals surface area contributed by atoms with Gasteiger partial charge in [-0.2, -0.15) is 0 Å². The minimum atomic E-state index is 0.742. The van der Waals surface area contributed by atoms with Gasteiger partial charge in [-0.3, -0.25) is 0 Å². The van der Waals surface area contributed by atoms with E-state index in [1.165, 1.54) is 10.2 Å². The van der Waals surface area contributed by atoms with Gasteiger partial charge in [0, 0.05) is 24.1 Å². The summed E-state index contributed by atoms with van der Waals surface area (Å²) in [5.74, 6) is 1.92. The van der Waals surface area contributed by atoms with Crippen molar-refractivity contribution >= 4 is 28.1 Å². The Bertz CT molecular complexity index is 638. The third-order valence-electron chi connectivity index (χ3n) is 3.21. The molecule has 0 spiro atoms. The fraction of sp³-hybridized carbons (Fsp3) is 0.176. The minimum Gasteiger partial charge on any atom is -0.491 e. The Morgan fingerprint density at radius 2 is 1.80 bits per heavy atom. The SMILES string of the molecule is [2H]N(C)c1ccc(C2=C(c3ccccc3)OCCS2)cc1.